The van der Waals surface area contributed by atoms with Crippen molar-refractivity contribution < 1.29 is 5.73 Å². The zero-order valence-electron chi connectivity index (χ0n) is 5.10. The number of halogens is 1. The monoisotopic (exact) mass is 234 g/mol. The highest BCUT2D eigenvalue weighted by atomic mass is 127. The molecule has 1 nitrogen and oxygen atoms in total. The van der Waals surface area contributed by atoms with Crippen molar-refractivity contribution in [3.63, 3.8) is 0 Å². The molecule has 0 fully saturated rings. The Morgan fingerprint density at radius 2 is 2.00 bits per heavy atom. The lowest BCUT2D eigenvalue weighted by atomic mass is 10.2. The fourth-order valence-corrected chi connectivity index (χ4v) is 1.36. The summed E-state index contributed by atoms with van der Waals surface area (Å²) >= 11 is 2.32. The van der Waals surface area contributed by atoms with E-state index >= 15 is 0 Å². The zero-order chi connectivity index (χ0) is 6.69. The molecule has 0 unspecified atom stereocenters. The Kier molecular flexibility index (Phi) is 2.48. The quantitative estimate of drug-likeness (QED) is 0.703. The van der Waals surface area contributed by atoms with Crippen molar-refractivity contribution in [1.82, 2.24) is 0 Å². The van der Waals surface area contributed by atoms with Gasteiger partial charge in [-0.05, 0) is 28.7 Å². The molecule has 1 rings (SSSR count). The van der Waals surface area contributed by atoms with Crippen molar-refractivity contribution in [1.29, 1.82) is 0 Å². The van der Waals surface area contributed by atoms with Crippen LogP contribution < -0.4 is 5.73 Å². The van der Waals surface area contributed by atoms with E-state index in [-0.39, 0.29) is 0 Å². The van der Waals surface area contributed by atoms with Gasteiger partial charge in [0.1, 0.15) is 6.54 Å². The number of hydrogen-bond donors (Lipinski definition) is 1. The summed E-state index contributed by atoms with van der Waals surface area (Å²) in [7, 11) is 0. The van der Waals surface area contributed by atoms with Crippen molar-refractivity contribution in [2.75, 3.05) is 0 Å². The van der Waals surface area contributed by atoms with E-state index in [4.69, 9.17) is 0 Å². The van der Waals surface area contributed by atoms with E-state index in [1.165, 1.54) is 9.13 Å². The Labute approximate surface area is 68.4 Å². The minimum atomic E-state index is 0.888. The second kappa shape index (κ2) is 3.17. The van der Waals surface area contributed by atoms with Crippen LogP contribution in [0.2, 0.25) is 0 Å². The van der Waals surface area contributed by atoms with Crippen LogP contribution in [0.1, 0.15) is 5.56 Å². The van der Waals surface area contributed by atoms with Gasteiger partial charge in [-0.25, -0.2) is 0 Å². The first-order valence-electron chi connectivity index (χ1n) is 2.87. The number of rotatable bonds is 1. The normalized spacial score (nSPS) is 9.56. The summed E-state index contributed by atoms with van der Waals surface area (Å²) in [6, 6.07) is 8.29. The van der Waals surface area contributed by atoms with E-state index in [0.717, 1.165) is 6.54 Å². The standard InChI is InChI=1S/C7H8IN/c8-7-4-2-1-3-6(7)5-9/h1-4H,5,9H2/p+1. The van der Waals surface area contributed by atoms with E-state index in [2.05, 4.69) is 40.5 Å². The van der Waals surface area contributed by atoms with Crippen molar-refractivity contribution in [2.24, 2.45) is 0 Å². The van der Waals surface area contributed by atoms with Crippen LogP contribution in [-0.2, 0) is 6.54 Å². The highest BCUT2D eigenvalue weighted by Gasteiger charge is 1.93. The molecule has 0 heterocycles. The molecule has 0 aliphatic heterocycles. The molecule has 9 heavy (non-hydrogen) atoms. The van der Waals surface area contributed by atoms with Gasteiger partial charge in [-0.2, -0.15) is 0 Å². The fraction of sp³-hybridized carbons (Fsp3) is 0.143. The molecule has 0 radical (unpaired) electrons. The lowest BCUT2D eigenvalue weighted by molar-refractivity contribution is -0.386. The summed E-state index contributed by atoms with van der Waals surface area (Å²) in [6.07, 6.45) is 0. The molecule has 2 heteroatoms. The summed E-state index contributed by atoms with van der Waals surface area (Å²) in [6.45, 7) is 0.888. The lowest BCUT2D eigenvalue weighted by Gasteiger charge is -1.94. The first-order valence-corrected chi connectivity index (χ1v) is 3.95. The number of benzene rings is 1. The third-order valence-electron chi connectivity index (χ3n) is 1.23. The predicted molar refractivity (Wildman–Crippen MR) is 45.8 cm³/mol. The predicted octanol–water partition coefficient (Wildman–Crippen LogP) is 1.03. The molecule has 0 amide bonds. The van der Waals surface area contributed by atoms with Gasteiger partial charge in [-0.3, -0.25) is 0 Å². The molecular weight excluding hydrogens is 225 g/mol. The average Bonchev–Trinajstić information content (AvgIpc) is 1.89. The maximum atomic E-state index is 3.81. The van der Waals surface area contributed by atoms with Crippen LogP contribution in [-0.4, -0.2) is 0 Å². The molecule has 0 bridgehead atoms. The Balaban J connectivity index is 3.01. The number of hydrogen-bond acceptors (Lipinski definition) is 0. The zero-order valence-corrected chi connectivity index (χ0v) is 7.26. The van der Waals surface area contributed by atoms with Gasteiger partial charge in [0, 0.05) is 9.13 Å². The Morgan fingerprint density at radius 3 is 2.44 bits per heavy atom. The third kappa shape index (κ3) is 1.66. The van der Waals surface area contributed by atoms with Crippen LogP contribution in [0, 0.1) is 3.57 Å². The van der Waals surface area contributed by atoms with Crippen LogP contribution in [0.25, 0.3) is 0 Å². The summed E-state index contributed by atoms with van der Waals surface area (Å²) < 4.78 is 1.31. The summed E-state index contributed by atoms with van der Waals surface area (Å²) in [5.74, 6) is 0. The molecule has 1 aromatic carbocycles. The maximum Gasteiger partial charge on any atom is 0.101 e. The first kappa shape index (κ1) is 7.02. The third-order valence-corrected chi connectivity index (χ3v) is 2.28. The van der Waals surface area contributed by atoms with Crippen LogP contribution in [0.5, 0.6) is 0 Å². The van der Waals surface area contributed by atoms with Crippen LogP contribution in [0.15, 0.2) is 24.3 Å². The van der Waals surface area contributed by atoms with E-state index < -0.39 is 0 Å². The molecule has 1 aromatic rings. The molecule has 0 aliphatic carbocycles. The topological polar surface area (TPSA) is 27.6 Å². The molecule has 0 atom stereocenters. The smallest absolute Gasteiger partial charge is 0.101 e. The van der Waals surface area contributed by atoms with Crippen molar-refractivity contribution >= 4 is 22.6 Å². The van der Waals surface area contributed by atoms with Gasteiger partial charge >= 0.3 is 0 Å². The van der Waals surface area contributed by atoms with Gasteiger partial charge in [0.05, 0.1) is 0 Å². The summed E-state index contributed by atoms with van der Waals surface area (Å²) in [5, 5.41) is 0. The number of quaternary nitrogens is 1. The minimum Gasteiger partial charge on any atom is -0.354 e. The summed E-state index contributed by atoms with van der Waals surface area (Å²) in [4.78, 5) is 0. The van der Waals surface area contributed by atoms with E-state index in [0.29, 0.717) is 0 Å². The Hall–Kier alpha value is -0.0900. The van der Waals surface area contributed by atoms with Gasteiger partial charge in [-0.15, -0.1) is 0 Å². The molecule has 0 aliphatic rings. The molecule has 48 valence electrons. The average molecular weight is 234 g/mol. The van der Waals surface area contributed by atoms with Gasteiger partial charge in [0.25, 0.3) is 0 Å². The van der Waals surface area contributed by atoms with E-state index in [1.54, 1.807) is 0 Å². The molecule has 0 saturated carbocycles. The molecule has 3 N–H and O–H groups in total. The maximum absolute atomic E-state index is 3.81. The van der Waals surface area contributed by atoms with Crippen molar-refractivity contribution in [2.45, 2.75) is 6.54 Å². The van der Waals surface area contributed by atoms with Gasteiger partial charge in [-0.1, -0.05) is 18.2 Å². The molecule has 0 spiro atoms. The largest absolute Gasteiger partial charge is 0.354 e. The highest BCUT2D eigenvalue weighted by molar-refractivity contribution is 14.1. The first-order chi connectivity index (χ1) is 4.34. The van der Waals surface area contributed by atoms with Gasteiger partial charge < -0.3 is 5.73 Å². The SMILES string of the molecule is [NH3+]Cc1ccccc1I. The lowest BCUT2D eigenvalue weighted by Crippen LogP contribution is -2.47. The van der Waals surface area contributed by atoms with Crippen LogP contribution >= 0.6 is 22.6 Å². The Bertz CT molecular complexity index is 198. The minimum absolute atomic E-state index is 0.888. The second-order valence-electron chi connectivity index (χ2n) is 1.84. The van der Waals surface area contributed by atoms with Gasteiger partial charge in [0.15, 0.2) is 0 Å². The summed E-state index contributed by atoms with van der Waals surface area (Å²) in [5.41, 5.74) is 5.14. The van der Waals surface area contributed by atoms with Crippen molar-refractivity contribution in [3.8, 4) is 0 Å². The van der Waals surface area contributed by atoms with Crippen LogP contribution in [0.3, 0.4) is 0 Å². The van der Waals surface area contributed by atoms with Crippen molar-refractivity contribution in [3.05, 3.63) is 33.4 Å². The highest BCUT2D eigenvalue weighted by Crippen LogP contribution is 2.08. The Morgan fingerprint density at radius 1 is 1.33 bits per heavy atom. The molecule has 0 saturated heterocycles. The molecule has 0 aromatic heterocycles. The van der Waals surface area contributed by atoms with E-state index in [1.807, 2.05) is 12.1 Å². The second-order valence-corrected chi connectivity index (χ2v) is 3.00. The van der Waals surface area contributed by atoms with E-state index in [9.17, 15) is 0 Å². The van der Waals surface area contributed by atoms with Crippen LogP contribution in [0.4, 0.5) is 0 Å². The fourth-order valence-electron chi connectivity index (χ4n) is 0.701. The molecular formula is C7H9IN+. The van der Waals surface area contributed by atoms with Gasteiger partial charge in [0.2, 0.25) is 0 Å².